The Balaban J connectivity index is 1.41. The van der Waals surface area contributed by atoms with E-state index in [4.69, 9.17) is 9.72 Å². The van der Waals surface area contributed by atoms with Crippen LogP contribution in [0.15, 0.2) is 30.3 Å². The van der Waals surface area contributed by atoms with Crippen LogP contribution in [0.2, 0.25) is 0 Å². The monoisotopic (exact) mass is 475 g/mol. The van der Waals surface area contributed by atoms with Gasteiger partial charge in [0.25, 0.3) is 0 Å². The number of morpholine rings is 1. The lowest BCUT2D eigenvalue weighted by molar-refractivity contribution is 0.0383. The van der Waals surface area contributed by atoms with E-state index in [-0.39, 0.29) is 0 Å². The van der Waals surface area contributed by atoms with Gasteiger partial charge in [0, 0.05) is 93.3 Å². The van der Waals surface area contributed by atoms with Gasteiger partial charge in [-0.3, -0.25) is 14.8 Å². The maximum atomic E-state index is 5.51. The van der Waals surface area contributed by atoms with E-state index >= 15 is 0 Å². The maximum absolute atomic E-state index is 5.51. The minimum absolute atomic E-state index is 0.626. The summed E-state index contributed by atoms with van der Waals surface area (Å²) in [4.78, 5) is 12.7. The molecule has 4 heterocycles. The molecule has 0 amide bonds. The van der Waals surface area contributed by atoms with Crippen molar-refractivity contribution < 1.29 is 4.74 Å². The Morgan fingerprint density at radius 2 is 1.69 bits per heavy atom. The minimum Gasteiger partial charge on any atom is -0.379 e. The minimum atomic E-state index is 0.626. The Morgan fingerprint density at radius 1 is 0.943 bits per heavy atom. The molecule has 3 aromatic rings. The Labute approximate surface area is 210 Å². The number of hydrogen-bond acceptors (Lipinski definition) is 5. The van der Waals surface area contributed by atoms with Crippen LogP contribution in [0.1, 0.15) is 30.8 Å². The van der Waals surface area contributed by atoms with Crippen LogP contribution in [-0.4, -0.2) is 84.4 Å². The van der Waals surface area contributed by atoms with E-state index in [0.717, 1.165) is 76.8 Å². The number of rotatable bonds is 6. The predicted octanol–water partition coefficient (Wildman–Crippen LogP) is 4.26. The second-order valence-electron chi connectivity index (χ2n) is 10.6. The molecule has 188 valence electrons. The first-order valence-corrected chi connectivity index (χ1v) is 13.3. The summed E-state index contributed by atoms with van der Waals surface area (Å²) in [5, 5.41) is 1.26. The maximum Gasteiger partial charge on any atom is 0.0801 e. The Morgan fingerprint density at radius 3 is 2.37 bits per heavy atom. The van der Waals surface area contributed by atoms with Gasteiger partial charge in [0.05, 0.1) is 24.4 Å². The molecule has 6 nitrogen and oxygen atoms in total. The quantitative estimate of drug-likeness (QED) is 0.532. The number of benzene rings is 1. The number of aromatic nitrogens is 2. The zero-order valence-electron chi connectivity index (χ0n) is 22.2. The zero-order chi connectivity index (χ0) is 24.5. The molecule has 0 saturated carbocycles. The van der Waals surface area contributed by atoms with Gasteiger partial charge in [0.1, 0.15) is 0 Å². The smallest absolute Gasteiger partial charge is 0.0801 e. The molecule has 2 aliphatic rings. The number of hydrogen-bond donors (Lipinski definition) is 0. The molecule has 0 unspecified atom stereocenters. The summed E-state index contributed by atoms with van der Waals surface area (Å²) in [7, 11) is 2.20. The first-order valence-electron chi connectivity index (χ1n) is 13.3. The summed E-state index contributed by atoms with van der Waals surface area (Å²) in [5.74, 6) is 0. The molecule has 2 fully saturated rings. The topological polar surface area (TPSA) is 36.8 Å². The lowest BCUT2D eigenvalue weighted by Gasteiger charge is -2.38. The van der Waals surface area contributed by atoms with Crippen LogP contribution in [-0.2, 0) is 18.2 Å². The lowest BCUT2D eigenvalue weighted by atomic mass is 10.0. The van der Waals surface area contributed by atoms with Crippen LogP contribution >= 0.6 is 0 Å². The first kappa shape index (κ1) is 24.3. The van der Waals surface area contributed by atoms with Crippen LogP contribution in [0.25, 0.3) is 22.2 Å². The zero-order valence-corrected chi connectivity index (χ0v) is 22.2. The van der Waals surface area contributed by atoms with Crippen LogP contribution in [0, 0.1) is 13.8 Å². The van der Waals surface area contributed by atoms with Crippen LogP contribution < -0.4 is 4.90 Å². The number of anilines is 1. The fraction of sp³-hybridized carbons (Fsp3) is 0.552. The number of fused-ring (bicyclic) bond motifs is 1. The third-order valence-corrected chi connectivity index (χ3v) is 7.93. The molecule has 0 spiro atoms. The molecule has 0 radical (unpaired) electrons. The normalized spacial score (nSPS) is 18.2. The van der Waals surface area contributed by atoms with E-state index in [0.29, 0.717) is 6.04 Å². The van der Waals surface area contributed by atoms with Gasteiger partial charge in [0.15, 0.2) is 0 Å². The summed E-state index contributed by atoms with van der Waals surface area (Å²) < 4.78 is 7.88. The number of piperazine rings is 1. The molecule has 2 saturated heterocycles. The predicted molar refractivity (Wildman–Crippen MR) is 146 cm³/mol. The molecule has 0 aliphatic carbocycles. The Hall–Kier alpha value is -2.41. The molecule has 0 bridgehead atoms. The highest BCUT2D eigenvalue weighted by Crippen LogP contribution is 2.34. The fourth-order valence-corrected chi connectivity index (χ4v) is 5.65. The van der Waals surface area contributed by atoms with Crippen LogP contribution in [0.3, 0.4) is 0 Å². The molecule has 2 aliphatic heterocycles. The van der Waals surface area contributed by atoms with Gasteiger partial charge in [0.2, 0.25) is 0 Å². The van der Waals surface area contributed by atoms with Gasteiger partial charge in [-0.1, -0.05) is 6.07 Å². The first-order chi connectivity index (χ1) is 16.9. The number of pyridine rings is 1. The van der Waals surface area contributed by atoms with Gasteiger partial charge < -0.3 is 14.2 Å². The van der Waals surface area contributed by atoms with Gasteiger partial charge in [-0.15, -0.1) is 0 Å². The van der Waals surface area contributed by atoms with E-state index in [9.17, 15) is 0 Å². The highest BCUT2D eigenvalue weighted by atomic mass is 16.5. The van der Waals surface area contributed by atoms with Crippen molar-refractivity contribution in [1.29, 1.82) is 0 Å². The molecular formula is C29H41N5O. The second-order valence-corrected chi connectivity index (χ2v) is 10.6. The van der Waals surface area contributed by atoms with Crippen molar-refractivity contribution in [2.75, 3.05) is 63.9 Å². The number of nitrogens with zero attached hydrogens (tertiary/aromatic N) is 5. The van der Waals surface area contributed by atoms with Crippen LogP contribution in [0.4, 0.5) is 5.69 Å². The summed E-state index contributed by atoms with van der Waals surface area (Å²) in [6.07, 6.45) is 1.05. The Kier molecular flexibility index (Phi) is 7.14. The van der Waals surface area contributed by atoms with Crippen LogP contribution in [0.5, 0.6) is 0 Å². The van der Waals surface area contributed by atoms with E-state index in [1.807, 2.05) is 0 Å². The van der Waals surface area contributed by atoms with E-state index < -0.39 is 0 Å². The third-order valence-electron chi connectivity index (χ3n) is 7.93. The molecule has 2 aromatic heterocycles. The highest BCUT2D eigenvalue weighted by Gasteiger charge is 2.21. The summed E-state index contributed by atoms with van der Waals surface area (Å²) in [6, 6.07) is 12.2. The van der Waals surface area contributed by atoms with Gasteiger partial charge in [-0.25, -0.2) is 0 Å². The van der Waals surface area contributed by atoms with Crippen molar-refractivity contribution in [3.05, 3.63) is 47.3 Å². The standard InChI is InChI=1S/C29H41N5O/c1-21(2)33-10-12-34(13-11-33)25-6-7-26(22(3)18-25)29-27-20-24(8-9-32-14-16-35-17-15-32)31(5)28(27)19-23(4)30-29/h6-7,18-21H,8-17H2,1-5H3. The lowest BCUT2D eigenvalue weighted by Crippen LogP contribution is -2.48. The molecule has 0 N–H and O–H groups in total. The van der Waals surface area contributed by atoms with E-state index in [1.54, 1.807) is 0 Å². The number of aryl methyl sites for hydroxylation is 3. The third kappa shape index (κ3) is 5.11. The number of ether oxygens (including phenoxy) is 1. The summed E-state index contributed by atoms with van der Waals surface area (Å²) >= 11 is 0. The second kappa shape index (κ2) is 10.3. The van der Waals surface area contributed by atoms with Crippen molar-refractivity contribution in [2.24, 2.45) is 7.05 Å². The molecule has 5 rings (SSSR count). The SMILES string of the molecule is Cc1cc2c(cc(CCN3CCOCC3)n2C)c(-c2ccc(N3CCN(C(C)C)CC3)cc2C)n1. The van der Waals surface area contributed by atoms with Crippen molar-refractivity contribution in [2.45, 2.75) is 40.2 Å². The van der Waals surface area contributed by atoms with Crippen molar-refractivity contribution in [1.82, 2.24) is 19.4 Å². The van der Waals surface area contributed by atoms with Crippen molar-refractivity contribution in [3.63, 3.8) is 0 Å². The van der Waals surface area contributed by atoms with E-state index in [2.05, 4.69) is 84.3 Å². The summed E-state index contributed by atoms with van der Waals surface area (Å²) in [6.45, 7) is 18.2. The average Bonchev–Trinajstić information content (AvgIpc) is 3.18. The van der Waals surface area contributed by atoms with Gasteiger partial charge >= 0.3 is 0 Å². The molecule has 6 heteroatoms. The largest absolute Gasteiger partial charge is 0.379 e. The summed E-state index contributed by atoms with van der Waals surface area (Å²) in [5.41, 5.74) is 8.71. The van der Waals surface area contributed by atoms with E-state index in [1.165, 1.54) is 33.4 Å². The van der Waals surface area contributed by atoms with Gasteiger partial charge in [-0.2, -0.15) is 0 Å². The molecule has 1 aromatic carbocycles. The fourth-order valence-electron chi connectivity index (χ4n) is 5.65. The highest BCUT2D eigenvalue weighted by molar-refractivity contribution is 5.95. The van der Waals surface area contributed by atoms with Gasteiger partial charge in [-0.05, 0) is 57.5 Å². The molecular weight excluding hydrogens is 434 g/mol. The molecule has 35 heavy (non-hydrogen) atoms. The Bertz CT molecular complexity index is 1170. The van der Waals surface area contributed by atoms with Crippen molar-refractivity contribution in [3.8, 4) is 11.3 Å². The average molecular weight is 476 g/mol. The van der Waals surface area contributed by atoms with Crippen molar-refractivity contribution >= 4 is 16.6 Å². The molecule has 0 atom stereocenters.